The van der Waals surface area contributed by atoms with Gasteiger partial charge in [0.1, 0.15) is 17.7 Å². The summed E-state index contributed by atoms with van der Waals surface area (Å²) >= 11 is 6.01. The Bertz CT molecular complexity index is 819. The zero-order valence-electron chi connectivity index (χ0n) is 15.0. The molecule has 0 aliphatic carbocycles. The summed E-state index contributed by atoms with van der Waals surface area (Å²) in [5.41, 5.74) is 1.78. The van der Waals surface area contributed by atoms with Gasteiger partial charge in [-0.1, -0.05) is 17.7 Å². The van der Waals surface area contributed by atoms with Crippen LogP contribution in [-0.2, 0) is 6.54 Å². The van der Waals surface area contributed by atoms with Crippen LogP contribution >= 0.6 is 11.6 Å². The highest BCUT2D eigenvalue weighted by atomic mass is 35.5. The third kappa shape index (κ3) is 4.25. The Balaban J connectivity index is 1.23. The molecule has 0 N–H and O–H groups in total. The fourth-order valence-corrected chi connectivity index (χ4v) is 3.90. The fraction of sp³-hybridized carbons (Fsp3) is 0.381. The van der Waals surface area contributed by atoms with Gasteiger partial charge in [0.15, 0.2) is 0 Å². The van der Waals surface area contributed by atoms with E-state index in [0.29, 0.717) is 23.9 Å². The van der Waals surface area contributed by atoms with Gasteiger partial charge in [-0.15, -0.1) is 0 Å². The normalized spacial score (nSPS) is 18.0. The van der Waals surface area contributed by atoms with Crippen LogP contribution in [0.2, 0.25) is 5.02 Å². The molecule has 0 saturated carbocycles. The number of benzene rings is 2. The van der Waals surface area contributed by atoms with Gasteiger partial charge in [-0.2, -0.15) is 0 Å². The highest BCUT2D eigenvalue weighted by molar-refractivity contribution is 6.31. The molecule has 0 atom stereocenters. The van der Waals surface area contributed by atoms with Crippen molar-refractivity contribution in [1.29, 1.82) is 0 Å². The van der Waals surface area contributed by atoms with Crippen molar-refractivity contribution in [1.82, 2.24) is 9.80 Å². The first-order valence-electron chi connectivity index (χ1n) is 9.31. The lowest BCUT2D eigenvalue weighted by molar-refractivity contribution is 0.0702. The van der Waals surface area contributed by atoms with E-state index in [1.165, 1.54) is 12.1 Å². The summed E-state index contributed by atoms with van der Waals surface area (Å²) in [7, 11) is 0. The number of hydrogen-bond acceptors (Lipinski definition) is 3. The van der Waals surface area contributed by atoms with Crippen molar-refractivity contribution >= 4 is 17.5 Å². The lowest BCUT2D eigenvalue weighted by atomic mass is 10.1. The largest absolute Gasteiger partial charge is 0.490 e. The molecule has 2 aromatic rings. The summed E-state index contributed by atoms with van der Waals surface area (Å²) in [6.45, 7) is 4.11. The average molecular weight is 389 g/mol. The second-order valence-corrected chi connectivity index (χ2v) is 7.58. The predicted molar refractivity (Wildman–Crippen MR) is 103 cm³/mol. The molecule has 0 unspecified atom stereocenters. The molecule has 4 nitrogen and oxygen atoms in total. The topological polar surface area (TPSA) is 32.8 Å². The fourth-order valence-electron chi connectivity index (χ4n) is 3.73. The number of rotatable bonds is 5. The minimum Gasteiger partial charge on any atom is -0.490 e. The minimum absolute atomic E-state index is 0.0713. The Morgan fingerprint density at radius 1 is 1.07 bits per heavy atom. The molecule has 4 rings (SSSR count). The van der Waals surface area contributed by atoms with E-state index < -0.39 is 0 Å². The number of hydrogen-bond donors (Lipinski definition) is 0. The molecule has 142 valence electrons. The first-order chi connectivity index (χ1) is 13.1. The van der Waals surface area contributed by atoms with E-state index in [1.54, 1.807) is 18.2 Å². The van der Waals surface area contributed by atoms with Crippen molar-refractivity contribution in [2.75, 3.05) is 26.2 Å². The molecule has 2 aromatic carbocycles. The number of carbonyl (C=O) groups excluding carboxylic acids is 1. The van der Waals surface area contributed by atoms with Gasteiger partial charge < -0.3 is 14.5 Å². The summed E-state index contributed by atoms with van der Waals surface area (Å²) in [6, 6.07) is 11.7. The number of halogens is 2. The molecule has 1 fully saturated rings. The molecular weight excluding hydrogens is 367 g/mol. The van der Waals surface area contributed by atoms with Gasteiger partial charge in [0.2, 0.25) is 0 Å². The van der Waals surface area contributed by atoms with E-state index in [4.69, 9.17) is 16.3 Å². The molecular formula is C21H22ClFN2O2. The summed E-state index contributed by atoms with van der Waals surface area (Å²) in [6.07, 6.45) is 2.02. The number of amides is 1. The zero-order chi connectivity index (χ0) is 18.8. The molecule has 27 heavy (non-hydrogen) atoms. The Hall–Kier alpha value is -2.11. The lowest BCUT2D eigenvalue weighted by Crippen LogP contribution is -2.42. The maximum absolute atomic E-state index is 13.0. The van der Waals surface area contributed by atoms with Gasteiger partial charge in [0.25, 0.3) is 5.91 Å². The second-order valence-electron chi connectivity index (χ2n) is 7.14. The van der Waals surface area contributed by atoms with E-state index in [0.717, 1.165) is 43.6 Å². The predicted octanol–water partition coefficient (Wildman–Crippen LogP) is 3.98. The highest BCUT2D eigenvalue weighted by Gasteiger charge is 2.28. The number of fused-ring (bicyclic) bond motifs is 1. The van der Waals surface area contributed by atoms with E-state index in [2.05, 4.69) is 4.90 Å². The van der Waals surface area contributed by atoms with Crippen LogP contribution in [0.5, 0.6) is 5.75 Å². The van der Waals surface area contributed by atoms with Crippen LogP contribution in [0, 0.1) is 5.82 Å². The molecule has 2 heterocycles. The Morgan fingerprint density at radius 3 is 2.56 bits per heavy atom. The van der Waals surface area contributed by atoms with E-state index in [9.17, 15) is 9.18 Å². The van der Waals surface area contributed by atoms with E-state index in [1.807, 2.05) is 17.0 Å². The van der Waals surface area contributed by atoms with Gasteiger partial charge in [0, 0.05) is 43.3 Å². The van der Waals surface area contributed by atoms with E-state index >= 15 is 0 Å². The Kier molecular flexibility index (Phi) is 5.32. The molecule has 0 spiro atoms. The third-order valence-electron chi connectivity index (χ3n) is 5.29. The molecule has 0 bridgehead atoms. The van der Waals surface area contributed by atoms with Crippen LogP contribution in [-0.4, -0.2) is 48.0 Å². The van der Waals surface area contributed by atoms with Gasteiger partial charge >= 0.3 is 0 Å². The zero-order valence-corrected chi connectivity index (χ0v) is 15.8. The van der Waals surface area contributed by atoms with Crippen LogP contribution in [0.15, 0.2) is 42.5 Å². The van der Waals surface area contributed by atoms with Crippen molar-refractivity contribution in [3.63, 3.8) is 0 Å². The maximum Gasteiger partial charge on any atom is 0.254 e. The van der Waals surface area contributed by atoms with Crippen molar-refractivity contribution in [3.8, 4) is 5.75 Å². The van der Waals surface area contributed by atoms with Crippen molar-refractivity contribution in [2.45, 2.75) is 25.5 Å². The molecule has 2 aliphatic heterocycles. The van der Waals surface area contributed by atoms with Crippen LogP contribution < -0.4 is 4.74 Å². The summed E-state index contributed by atoms with van der Waals surface area (Å²) < 4.78 is 18.9. The standard InChI is InChI=1S/C21H22ClFN2O2/c22-16-2-1-15-14-25(21(26)20(15)13-16)12-11-24-9-7-19(8-10-24)27-18-5-3-17(23)4-6-18/h1-6,13,19H,7-12,14H2. The molecule has 6 heteroatoms. The first kappa shape index (κ1) is 18.3. The number of carbonyl (C=O) groups is 1. The maximum atomic E-state index is 13.0. The second kappa shape index (κ2) is 7.87. The Labute approximate surface area is 163 Å². The van der Waals surface area contributed by atoms with Crippen LogP contribution in [0.4, 0.5) is 4.39 Å². The summed E-state index contributed by atoms with van der Waals surface area (Å²) in [5.74, 6) is 0.536. The number of piperidine rings is 1. The number of ether oxygens (including phenoxy) is 1. The van der Waals surface area contributed by atoms with Gasteiger partial charge in [-0.25, -0.2) is 4.39 Å². The van der Waals surface area contributed by atoms with Crippen LogP contribution in [0.3, 0.4) is 0 Å². The lowest BCUT2D eigenvalue weighted by Gasteiger charge is -2.33. The van der Waals surface area contributed by atoms with Crippen molar-refractivity contribution in [3.05, 3.63) is 64.4 Å². The summed E-state index contributed by atoms with van der Waals surface area (Å²) in [4.78, 5) is 16.8. The molecule has 1 amide bonds. The van der Waals surface area contributed by atoms with E-state index in [-0.39, 0.29) is 17.8 Å². The SMILES string of the molecule is O=C1c2cc(Cl)ccc2CN1CCN1CCC(Oc2ccc(F)cc2)CC1. The van der Waals surface area contributed by atoms with Gasteiger partial charge in [0.05, 0.1) is 0 Å². The van der Waals surface area contributed by atoms with Crippen molar-refractivity contribution in [2.24, 2.45) is 0 Å². The van der Waals surface area contributed by atoms with Gasteiger partial charge in [-0.3, -0.25) is 4.79 Å². The monoisotopic (exact) mass is 388 g/mol. The number of nitrogens with zero attached hydrogens (tertiary/aromatic N) is 2. The highest BCUT2D eigenvalue weighted by Crippen LogP contribution is 2.26. The third-order valence-corrected chi connectivity index (χ3v) is 5.52. The van der Waals surface area contributed by atoms with Crippen molar-refractivity contribution < 1.29 is 13.9 Å². The van der Waals surface area contributed by atoms with Gasteiger partial charge in [-0.05, 0) is 54.8 Å². The summed E-state index contributed by atoms with van der Waals surface area (Å²) in [5, 5.41) is 0.604. The molecule has 2 aliphatic rings. The minimum atomic E-state index is -0.252. The molecule has 0 radical (unpaired) electrons. The average Bonchev–Trinajstić information content (AvgIpc) is 2.98. The molecule has 1 saturated heterocycles. The molecule has 0 aromatic heterocycles. The smallest absolute Gasteiger partial charge is 0.254 e. The van der Waals surface area contributed by atoms with Crippen LogP contribution in [0.1, 0.15) is 28.8 Å². The quantitative estimate of drug-likeness (QED) is 0.776. The Morgan fingerprint density at radius 2 is 1.81 bits per heavy atom. The number of likely N-dealkylation sites (tertiary alicyclic amines) is 1. The van der Waals surface area contributed by atoms with Crippen LogP contribution in [0.25, 0.3) is 0 Å². The first-order valence-corrected chi connectivity index (χ1v) is 9.68.